The van der Waals surface area contributed by atoms with Crippen molar-refractivity contribution in [2.24, 2.45) is 0 Å². The predicted octanol–water partition coefficient (Wildman–Crippen LogP) is 3.02. The first-order valence-corrected chi connectivity index (χ1v) is 12.8. The SMILES string of the molecule is CCn1cc(-c2cnc(Nc3cc(C)cc(OC)c3)nc2N2C=CC(C(F)(F)F)N2)cc(C(=O)NS(=O)O)c1=O. The number of pyridine rings is 1. The lowest BCUT2D eigenvalue weighted by Crippen LogP contribution is -2.44. The first-order valence-electron chi connectivity index (χ1n) is 11.7. The second-order valence-electron chi connectivity index (χ2n) is 8.57. The number of hydrogen-bond acceptors (Lipinski definition) is 9. The van der Waals surface area contributed by atoms with Gasteiger partial charge in [0.2, 0.25) is 5.95 Å². The highest BCUT2D eigenvalue weighted by atomic mass is 32.2. The van der Waals surface area contributed by atoms with Crippen LogP contribution in [0.25, 0.3) is 11.1 Å². The number of carbonyl (C=O) groups excluding carboxylic acids is 1. The van der Waals surface area contributed by atoms with Crippen molar-refractivity contribution < 1.29 is 31.5 Å². The Morgan fingerprint density at radius 1 is 1.27 bits per heavy atom. The Bertz CT molecular complexity index is 1560. The van der Waals surface area contributed by atoms with Gasteiger partial charge in [0.05, 0.1) is 7.11 Å². The molecule has 1 amide bonds. The van der Waals surface area contributed by atoms with Gasteiger partial charge >= 0.3 is 6.18 Å². The fraction of sp³-hybridized carbons (Fsp3) is 0.250. The van der Waals surface area contributed by atoms with Gasteiger partial charge in [-0.15, -0.1) is 0 Å². The molecule has 1 aliphatic heterocycles. The maximum absolute atomic E-state index is 13.4. The summed E-state index contributed by atoms with van der Waals surface area (Å²) in [7, 11) is 1.51. The van der Waals surface area contributed by atoms with Crippen LogP contribution in [0, 0.1) is 6.92 Å². The molecule has 0 spiro atoms. The summed E-state index contributed by atoms with van der Waals surface area (Å²) in [4.78, 5) is 34.0. The van der Waals surface area contributed by atoms with Gasteiger partial charge in [0.1, 0.15) is 17.4 Å². The Kier molecular flexibility index (Phi) is 8.22. The Balaban J connectivity index is 1.84. The molecular weight excluding hydrogens is 555 g/mol. The van der Waals surface area contributed by atoms with Crippen LogP contribution in [-0.2, 0) is 17.8 Å². The highest BCUT2D eigenvalue weighted by molar-refractivity contribution is 7.77. The normalized spacial score (nSPS) is 15.7. The maximum Gasteiger partial charge on any atom is 0.409 e. The summed E-state index contributed by atoms with van der Waals surface area (Å²) in [6.07, 6.45) is 0.184. The molecule has 0 saturated carbocycles. The Morgan fingerprint density at radius 2 is 2.02 bits per heavy atom. The number of benzene rings is 1. The van der Waals surface area contributed by atoms with E-state index in [4.69, 9.17) is 9.29 Å². The van der Waals surface area contributed by atoms with Crippen LogP contribution in [0.2, 0.25) is 0 Å². The monoisotopic (exact) mass is 579 g/mol. The molecule has 2 atom stereocenters. The number of carbonyl (C=O) groups is 1. The van der Waals surface area contributed by atoms with E-state index in [2.05, 4.69) is 20.7 Å². The van der Waals surface area contributed by atoms with Crippen molar-refractivity contribution in [1.29, 1.82) is 0 Å². The molecule has 2 aromatic heterocycles. The molecule has 4 N–H and O–H groups in total. The third kappa shape index (κ3) is 6.30. The summed E-state index contributed by atoms with van der Waals surface area (Å²) < 4.78 is 68.6. The smallest absolute Gasteiger partial charge is 0.409 e. The molecule has 3 aromatic rings. The van der Waals surface area contributed by atoms with E-state index >= 15 is 0 Å². The lowest BCUT2D eigenvalue weighted by Gasteiger charge is -2.23. The first-order chi connectivity index (χ1) is 18.9. The number of hydrogen-bond donors (Lipinski definition) is 4. The van der Waals surface area contributed by atoms with Crippen LogP contribution in [0.15, 0.2) is 53.7 Å². The average Bonchev–Trinajstić information content (AvgIpc) is 3.39. The van der Waals surface area contributed by atoms with Crippen LogP contribution in [0.5, 0.6) is 5.75 Å². The Labute approximate surface area is 228 Å². The van der Waals surface area contributed by atoms with Crippen molar-refractivity contribution in [3.63, 3.8) is 0 Å². The van der Waals surface area contributed by atoms with E-state index in [-0.39, 0.29) is 29.4 Å². The van der Waals surface area contributed by atoms with Gasteiger partial charge in [-0.2, -0.15) is 18.2 Å². The van der Waals surface area contributed by atoms with Gasteiger partial charge in [0.25, 0.3) is 22.7 Å². The molecule has 0 aliphatic carbocycles. The quantitative estimate of drug-likeness (QED) is 0.293. The fourth-order valence-corrected chi connectivity index (χ4v) is 4.19. The minimum Gasteiger partial charge on any atom is -0.497 e. The van der Waals surface area contributed by atoms with Crippen molar-refractivity contribution in [3.05, 3.63) is 70.4 Å². The van der Waals surface area contributed by atoms with Crippen LogP contribution in [0.3, 0.4) is 0 Å². The van der Waals surface area contributed by atoms with Crippen molar-refractivity contribution in [2.75, 3.05) is 17.4 Å². The molecule has 1 aliphatic rings. The summed E-state index contributed by atoms with van der Waals surface area (Å²) in [6.45, 7) is 3.61. The number of methoxy groups -OCH3 is 1. The third-order valence-corrected chi connectivity index (χ3v) is 6.12. The Hall–Kier alpha value is -4.28. The molecule has 0 saturated heterocycles. The number of aromatic nitrogens is 3. The number of aryl methyl sites for hydroxylation is 2. The lowest BCUT2D eigenvalue weighted by molar-refractivity contribution is -0.142. The molecule has 0 bridgehead atoms. The lowest BCUT2D eigenvalue weighted by atomic mass is 10.1. The Morgan fingerprint density at radius 3 is 2.65 bits per heavy atom. The van der Waals surface area contributed by atoms with Crippen molar-refractivity contribution in [2.45, 2.75) is 32.6 Å². The zero-order valence-electron chi connectivity index (χ0n) is 21.3. The largest absolute Gasteiger partial charge is 0.497 e. The summed E-state index contributed by atoms with van der Waals surface area (Å²) in [6, 6.07) is 4.45. The van der Waals surface area contributed by atoms with Crippen molar-refractivity contribution >= 4 is 34.6 Å². The number of rotatable bonds is 8. The van der Waals surface area contributed by atoms with Gasteiger partial charge in [-0.3, -0.25) is 19.2 Å². The van der Waals surface area contributed by atoms with Crippen LogP contribution >= 0.6 is 0 Å². The first kappa shape index (κ1) is 28.7. The highest BCUT2D eigenvalue weighted by Gasteiger charge is 2.41. The third-order valence-electron chi connectivity index (χ3n) is 5.76. The van der Waals surface area contributed by atoms with Gasteiger partial charge in [-0.1, -0.05) is 0 Å². The molecule has 2 unspecified atom stereocenters. The van der Waals surface area contributed by atoms with E-state index in [1.54, 1.807) is 29.8 Å². The molecular formula is C24H24F3N7O5S. The maximum atomic E-state index is 13.4. The van der Waals surface area contributed by atoms with Gasteiger partial charge in [-0.05, 0) is 43.7 Å². The van der Waals surface area contributed by atoms with Crippen molar-refractivity contribution in [1.82, 2.24) is 24.7 Å². The van der Waals surface area contributed by atoms with Crippen molar-refractivity contribution in [3.8, 4) is 16.9 Å². The number of amides is 1. The number of hydrazine groups is 1. The number of ether oxygens (including phenoxy) is 1. The van der Waals surface area contributed by atoms with E-state index < -0.39 is 40.5 Å². The van der Waals surface area contributed by atoms with Crippen LogP contribution in [0.4, 0.5) is 30.6 Å². The highest BCUT2D eigenvalue weighted by Crippen LogP contribution is 2.33. The van der Waals surface area contributed by atoms with E-state index in [0.29, 0.717) is 11.4 Å². The molecule has 212 valence electrons. The van der Waals surface area contributed by atoms with Gasteiger partial charge in [0, 0.05) is 48.0 Å². The predicted molar refractivity (Wildman–Crippen MR) is 141 cm³/mol. The van der Waals surface area contributed by atoms with Crippen LogP contribution in [-0.4, -0.2) is 48.5 Å². The molecule has 0 fully saturated rings. The van der Waals surface area contributed by atoms with Crippen LogP contribution < -0.4 is 30.8 Å². The zero-order chi connectivity index (χ0) is 29.2. The van der Waals surface area contributed by atoms with E-state index in [1.165, 1.54) is 24.1 Å². The summed E-state index contributed by atoms with van der Waals surface area (Å²) >= 11 is -2.73. The molecule has 1 aromatic carbocycles. The minimum atomic E-state index is -4.59. The van der Waals surface area contributed by atoms with E-state index in [9.17, 15) is 27.0 Å². The molecule has 16 heteroatoms. The van der Waals surface area contributed by atoms with Gasteiger partial charge in [0.15, 0.2) is 5.82 Å². The number of anilines is 3. The number of alkyl halides is 3. The summed E-state index contributed by atoms with van der Waals surface area (Å²) in [5, 5.41) is 4.06. The number of halogens is 3. The number of nitrogens with zero attached hydrogens (tertiary/aromatic N) is 4. The second-order valence-corrected chi connectivity index (χ2v) is 9.27. The standard InChI is InChI=1S/C24H24F3N7O5S/c1-4-33-12-14(9-17(22(33)36)21(35)32-40(37)38)18-11-28-23(29-15-7-13(2)8-16(10-15)39-3)30-20(18)34-6-5-19(31-34)24(25,26)27/h5-12,19,31H,4H2,1-3H3,(H,32,35)(H,37,38)(H,28,29,30). The molecule has 40 heavy (non-hydrogen) atoms. The minimum absolute atomic E-state index is 0.0292. The molecule has 12 nitrogen and oxygen atoms in total. The molecule has 3 heterocycles. The molecule has 0 radical (unpaired) electrons. The zero-order valence-corrected chi connectivity index (χ0v) is 22.1. The summed E-state index contributed by atoms with van der Waals surface area (Å²) in [5.41, 5.74) is 2.90. The van der Waals surface area contributed by atoms with Gasteiger partial charge < -0.3 is 14.6 Å². The average molecular weight is 580 g/mol. The van der Waals surface area contributed by atoms with Gasteiger partial charge in [-0.25, -0.2) is 19.3 Å². The van der Waals surface area contributed by atoms with E-state index in [0.717, 1.165) is 28.9 Å². The summed E-state index contributed by atoms with van der Waals surface area (Å²) in [5.74, 6) is -0.540. The number of nitrogens with one attached hydrogen (secondary N) is 3. The second kappa shape index (κ2) is 11.4. The molecule has 4 rings (SSSR count). The van der Waals surface area contributed by atoms with Crippen LogP contribution in [0.1, 0.15) is 22.8 Å². The fourth-order valence-electron chi connectivity index (χ4n) is 3.92. The van der Waals surface area contributed by atoms with E-state index in [1.807, 2.05) is 6.92 Å². The topological polar surface area (TPSA) is 151 Å².